The summed E-state index contributed by atoms with van der Waals surface area (Å²) in [5, 5.41) is 15.0. The Hall–Kier alpha value is -3.33. The Labute approximate surface area is 198 Å². The second-order valence-electron chi connectivity index (χ2n) is 7.69. The van der Waals surface area contributed by atoms with Crippen LogP contribution in [0.25, 0.3) is 0 Å². The van der Waals surface area contributed by atoms with Crippen LogP contribution in [0.15, 0.2) is 47.6 Å². The maximum Gasteiger partial charge on any atom is 0.251 e. The Balaban J connectivity index is 1.64. The lowest BCUT2D eigenvalue weighted by molar-refractivity contribution is -0.113. The van der Waals surface area contributed by atoms with Gasteiger partial charge in [0, 0.05) is 12.1 Å². The third-order valence-electron chi connectivity index (χ3n) is 5.07. The number of nitrogens with one attached hydrogen (secondary N) is 2. The lowest BCUT2D eigenvalue weighted by atomic mass is 10.1. The molecule has 1 aromatic heterocycles. The molecule has 1 heterocycles. The first-order chi connectivity index (χ1) is 15.8. The zero-order valence-corrected chi connectivity index (χ0v) is 20.3. The van der Waals surface area contributed by atoms with Gasteiger partial charge in [0.1, 0.15) is 5.75 Å². The number of rotatable bonds is 9. The topological polar surface area (TPSA) is 98.1 Å². The lowest BCUT2D eigenvalue weighted by Gasteiger charge is -2.15. The Kier molecular flexibility index (Phi) is 8.11. The molecule has 0 spiro atoms. The van der Waals surface area contributed by atoms with Crippen LogP contribution in [0.1, 0.15) is 47.2 Å². The number of ether oxygens (including phenoxy) is 1. The molecular weight excluding hydrogens is 438 g/mol. The third kappa shape index (κ3) is 6.13. The zero-order valence-electron chi connectivity index (χ0n) is 19.5. The summed E-state index contributed by atoms with van der Waals surface area (Å²) in [4.78, 5) is 25.1. The molecule has 3 aromatic rings. The van der Waals surface area contributed by atoms with Crippen molar-refractivity contribution in [2.24, 2.45) is 0 Å². The minimum atomic E-state index is -0.342. The molecule has 0 saturated carbocycles. The number of nitrogens with zero attached hydrogens (tertiary/aromatic N) is 3. The van der Waals surface area contributed by atoms with Crippen LogP contribution in [0, 0.1) is 13.8 Å². The fourth-order valence-corrected chi connectivity index (χ4v) is 4.12. The molecule has 2 aromatic carbocycles. The van der Waals surface area contributed by atoms with Crippen LogP contribution in [0.2, 0.25) is 0 Å². The fourth-order valence-electron chi connectivity index (χ4n) is 3.31. The molecule has 0 fully saturated rings. The molecule has 0 aliphatic carbocycles. The highest BCUT2D eigenvalue weighted by Gasteiger charge is 2.20. The van der Waals surface area contributed by atoms with E-state index in [2.05, 4.69) is 20.8 Å². The summed E-state index contributed by atoms with van der Waals surface area (Å²) < 4.78 is 7.23. The van der Waals surface area contributed by atoms with E-state index in [0.29, 0.717) is 34.5 Å². The molecule has 2 amide bonds. The molecule has 0 bridgehead atoms. The summed E-state index contributed by atoms with van der Waals surface area (Å²) in [6, 6.07) is 12.7. The van der Waals surface area contributed by atoms with Crippen molar-refractivity contribution in [2.45, 2.75) is 45.4 Å². The van der Waals surface area contributed by atoms with Crippen molar-refractivity contribution in [1.29, 1.82) is 0 Å². The number of hydrogen-bond acceptors (Lipinski definition) is 6. The van der Waals surface area contributed by atoms with Crippen LogP contribution in [-0.2, 0) is 11.3 Å². The summed E-state index contributed by atoms with van der Waals surface area (Å²) in [7, 11) is 1.57. The van der Waals surface area contributed by atoms with Crippen LogP contribution in [0.4, 0.5) is 5.69 Å². The Morgan fingerprint density at radius 1 is 1.09 bits per heavy atom. The van der Waals surface area contributed by atoms with Gasteiger partial charge in [-0.3, -0.25) is 9.59 Å². The first-order valence-electron chi connectivity index (χ1n) is 10.7. The number of carbonyl (C=O) groups excluding carboxylic acids is 2. The fraction of sp³-hybridized carbons (Fsp3) is 0.333. The van der Waals surface area contributed by atoms with Gasteiger partial charge in [-0.1, -0.05) is 35.5 Å². The molecule has 174 valence electrons. The van der Waals surface area contributed by atoms with Crippen LogP contribution in [0.5, 0.6) is 5.75 Å². The SMILES string of the molecule is CCn1c(SCC(=O)Nc2cc(C)ccc2OC)nnc1[C@H](C)NC(=O)c1ccc(C)cc1. The van der Waals surface area contributed by atoms with Crippen LogP contribution >= 0.6 is 11.8 Å². The van der Waals surface area contributed by atoms with Gasteiger partial charge in [0.05, 0.1) is 24.6 Å². The Morgan fingerprint density at radius 2 is 1.79 bits per heavy atom. The van der Waals surface area contributed by atoms with Gasteiger partial charge in [-0.05, 0) is 57.5 Å². The van der Waals surface area contributed by atoms with Gasteiger partial charge in [0.25, 0.3) is 5.91 Å². The quantitative estimate of drug-likeness (QED) is 0.459. The molecule has 2 N–H and O–H groups in total. The summed E-state index contributed by atoms with van der Waals surface area (Å²) in [6.07, 6.45) is 0. The average Bonchev–Trinajstić information content (AvgIpc) is 3.21. The van der Waals surface area contributed by atoms with Gasteiger partial charge in [0.2, 0.25) is 5.91 Å². The van der Waals surface area contributed by atoms with Crippen LogP contribution in [0.3, 0.4) is 0 Å². The summed E-state index contributed by atoms with van der Waals surface area (Å²) >= 11 is 1.30. The maximum absolute atomic E-state index is 12.6. The van der Waals surface area contributed by atoms with E-state index in [9.17, 15) is 9.59 Å². The molecule has 1 atom stereocenters. The van der Waals surface area contributed by atoms with Gasteiger partial charge >= 0.3 is 0 Å². The van der Waals surface area contributed by atoms with E-state index < -0.39 is 0 Å². The number of carbonyl (C=O) groups is 2. The van der Waals surface area contributed by atoms with E-state index in [4.69, 9.17) is 4.74 Å². The van der Waals surface area contributed by atoms with Crippen molar-refractivity contribution in [1.82, 2.24) is 20.1 Å². The largest absolute Gasteiger partial charge is 0.495 e. The van der Waals surface area contributed by atoms with E-state index in [1.54, 1.807) is 19.2 Å². The Morgan fingerprint density at radius 3 is 2.45 bits per heavy atom. The van der Waals surface area contributed by atoms with Gasteiger partial charge in [-0.25, -0.2) is 0 Å². The standard InChI is InChI=1S/C24H29N5O3S/c1-6-29-22(17(4)25-23(31)18-10-7-15(2)8-11-18)27-28-24(29)33-14-21(30)26-19-13-16(3)9-12-20(19)32-5/h7-13,17H,6,14H2,1-5H3,(H,25,31)(H,26,30)/t17-/m0/s1. The van der Waals surface area contributed by atoms with Crippen LogP contribution in [-0.4, -0.2) is 39.4 Å². The zero-order chi connectivity index (χ0) is 24.0. The third-order valence-corrected chi connectivity index (χ3v) is 6.04. The lowest BCUT2D eigenvalue weighted by Crippen LogP contribution is -2.28. The van der Waals surface area contributed by atoms with Gasteiger partial charge in [-0.15, -0.1) is 10.2 Å². The molecule has 0 unspecified atom stereocenters. The summed E-state index contributed by atoms with van der Waals surface area (Å²) in [5.41, 5.74) is 3.34. The number of hydrogen-bond donors (Lipinski definition) is 2. The highest BCUT2D eigenvalue weighted by atomic mass is 32.2. The monoisotopic (exact) mass is 467 g/mol. The molecule has 8 nitrogen and oxygen atoms in total. The number of aromatic nitrogens is 3. The molecule has 0 saturated heterocycles. The number of thioether (sulfide) groups is 1. The number of methoxy groups -OCH3 is 1. The molecule has 3 rings (SSSR count). The minimum absolute atomic E-state index is 0.166. The van der Waals surface area contributed by atoms with E-state index in [0.717, 1.165) is 11.1 Å². The van der Waals surface area contributed by atoms with Crippen LogP contribution < -0.4 is 15.4 Å². The van der Waals surface area contributed by atoms with Gasteiger partial charge in [-0.2, -0.15) is 0 Å². The summed E-state index contributed by atoms with van der Waals surface area (Å²) in [5.74, 6) is 1.07. The number of aryl methyl sites for hydroxylation is 2. The molecule has 0 aliphatic rings. The van der Waals surface area contributed by atoms with E-state index in [1.807, 2.05) is 62.6 Å². The van der Waals surface area contributed by atoms with Crippen molar-refractivity contribution in [3.63, 3.8) is 0 Å². The van der Waals surface area contributed by atoms with E-state index >= 15 is 0 Å². The first-order valence-corrected chi connectivity index (χ1v) is 11.7. The average molecular weight is 468 g/mol. The molecular formula is C24H29N5O3S. The van der Waals surface area contributed by atoms with Crippen molar-refractivity contribution in [2.75, 3.05) is 18.2 Å². The maximum atomic E-state index is 12.6. The molecule has 0 aliphatic heterocycles. The van der Waals surface area contributed by atoms with Crippen molar-refractivity contribution >= 4 is 29.3 Å². The van der Waals surface area contributed by atoms with Gasteiger partial charge in [0.15, 0.2) is 11.0 Å². The number of anilines is 1. The molecule has 33 heavy (non-hydrogen) atoms. The Bertz CT molecular complexity index is 1130. The smallest absolute Gasteiger partial charge is 0.251 e. The van der Waals surface area contributed by atoms with Crippen molar-refractivity contribution < 1.29 is 14.3 Å². The second-order valence-corrected chi connectivity index (χ2v) is 8.63. The van der Waals surface area contributed by atoms with Crippen molar-refractivity contribution in [3.05, 3.63) is 65.0 Å². The number of amides is 2. The molecule has 9 heteroatoms. The van der Waals surface area contributed by atoms with E-state index in [1.165, 1.54) is 11.8 Å². The predicted octanol–water partition coefficient (Wildman–Crippen LogP) is 4.15. The van der Waals surface area contributed by atoms with Gasteiger partial charge < -0.3 is 19.9 Å². The normalized spacial score (nSPS) is 11.7. The minimum Gasteiger partial charge on any atom is -0.495 e. The second kappa shape index (κ2) is 11.0. The first kappa shape index (κ1) is 24.3. The summed E-state index contributed by atoms with van der Waals surface area (Å²) in [6.45, 7) is 8.39. The molecule has 0 radical (unpaired) electrons. The van der Waals surface area contributed by atoms with Crippen molar-refractivity contribution in [3.8, 4) is 5.75 Å². The highest BCUT2D eigenvalue weighted by molar-refractivity contribution is 7.99. The number of benzene rings is 2. The predicted molar refractivity (Wildman–Crippen MR) is 130 cm³/mol. The van der Waals surface area contributed by atoms with E-state index in [-0.39, 0.29) is 23.6 Å². The highest BCUT2D eigenvalue weighted by Crippen LogP contribution is 2.26.